The fraction of sp³-hybridized carbons (Fsp3) is 0.435. The van der Waals surface area contributed by atoms with Crippen LogP contribution in [-0.4, -0.2) is 70.8 Å². The van der Waals surface area contributed by atoms with Crippen molar-refractivity contribution >= 4 is 11.8 Å². The molecule has 1 aromatic heterocycles. The van der Waals surface area contributed by atoms with Gasteiger partial charge in [0, 0.05) is 57.6 Å². The summed E-state index contributed by atoms with van der Waals surface area (Å²) in [4.78, 5) is 36.4. The molecule has 0 saturated carbocycles. The van der Waals surface area contributed by atoms with Gasteiger partial charge in [-0.05, 0) is 37.1 Å². The number of carbonyl (C=O) groups is 2. The lowest BCUT2D eigenvalue weighted by Crippen LogP contribution is -2.52. The van der Waals surface area contributed by atoms with Crippen molar-refractivity contribution in [3.05, 3.63) is 66.0 Å². The number of benzene rings is 1. The minimum Gasteiger partial charge on any atom is -0.340 e. The van der Waals surface area contributed by atoms with E-state index in [2.05, 4.69) is 9.88 Å². The van der Waals surface area contributed by atoms with Crippen LogP contribution in [0.25, 0.3) is 0 Å². The van der Waals surface area contributed by atoms with E-state index in [9.17, 15) is 9.59 Å². The second kappa shape index (κ2) is 9.18. The van der Waals surface area contributed by atoms with Crippen LogP contribution in [0.1, 0.15) is 28.9 Å². The smallest absolute Gasteiger partial charge is 0.253 e. The Balaban J connectivity index is 1.30. The van der Waals surface area contributed by atoms with Crippen LogP contribution in [0.3, 0.4) is 0 Å². The van der Waals surface area contributed by atoms with Gasteiger partial charge in [0.1, 0.15) is 0 Å². The Morgan fingerprint density at radius 2 is 1.66 bits per heavy atom. The van der Waals surface area contributed by atoms with Gasteiger partial charge in [0.25, 0.3) is 5.91 Å². The summed E-state index contributed by atoms with van der Waals surface area (Å²) in [6.45, 7) is 5.30. The molecule has 0 unspecified atom stereocenters. The number of nitrogens with zero attached hydrogens (tertiary/aromatic N) is 4. The van der Waals surface area contributed by atoms with Crippen LogP contribution in [-0.2, 0) is 11.3 Å². The molecular formula is C23H28N4O2. The molecular weight excluding hydrogens is 364 g/mol. The van der Waals surface area contributed by atoms with Crippen molar-refractivity contribution in [1.82, 2.24) is 19.7 Å². The number of aromatic nitrogens is 1. The van der Waals surface area contributed by atoms with Crippen molar-refractivity contribution in [3.8, 4) is 0 Å². The number of rotatable bonds is 4. The van der Waals surface area contributed by atoms with Crippen LogP contribution in [0.15, 0.2) is 54.7 Å². The molecule has 0 aliphatic carbocycles. The van der Waals surface area contributed by atoms with Gasteiger partial charge in [-0.3, -0.25) is 19.5 Å². The molecule has 2 amide bonds. The molecule has 2 aliphatic rings. The van der Waals surface area contributed by atoms with E-state index in [4.69, 9.17) is 0 Å². The molecule has 29 heavy (non-hydrogen) atoms. The highest BCUT2D eigenvalue weighted by Crippen LogP contribution is 2.21. The molecule has 4 rings (SSSR count). The summed E-state index contributed by atoms with van der Waals surface area (Å²) >= 11 is 0. The fourth-order valence-corrected chi connectivity index (χ4v) is 4.23. The molecule has 3 heterocycles. The predicted octanol–water partition coefficient (Wildman–Crippen LogP) is 2.28. The van der Waals surface area contributed by atoms with Crippen LogP contribution in [0.2, 0.25) is 0 Å². The van der Waals surface area contributed by atoms with Gasteiger partial charge in [-0.2, -0.15) is 0 Å². The van der Waals surface area contributed by atoms with Crippen LogP contribution < -0.4 is 0 Å². The highest BCUT2D eigenvalue weighted by Gasteiger charge is 2.32. The predicted molar refractivity (Wildman–Crippen MR) is 111 cm³/mol. The van der Waals surface area contributed by atoms with Crippen LogP contribution in [0, 0.1) is 5.92 Å². The third-order valence-corrected chi connectivity index (χ3v) is 5.87. The van der Waals surface area contributed by atoms with E-state index in [0.717, 1.165) is 57.8 Å². The first kappa shape index (κ1) is 19.6. The number of hydrogen-bond acceptors (Lipinski definition) is 4. The van der Waals surface area contributed by atoms with E-state index >= 15 is 0 Å². The van der Waals surface area contributed by atoms with E-state index in [1.54, 1.807) is 0 Å². The van der Waals surface area contributed by atoms with E-state index < -0.39 is 0 Å². The second-order valence-electron chi connectivity index (χ2n) is 7.88. The summed E-state index contributed by atoms with van der Waals surface area (Å²) in [7, 11) is 0. The lowest BCUT2D eigenvalue weighted by Gasteiger charge is -2.39. The van der Waals surface area contributed by atoms with Crippen LogP contribution in [0.4, 0.5) is 0 Å². The standard InChI is InChI=1S/C23H28N4O2/c28-22(19-7-2-1-3-8-19)27-12-6-9-20(17-27)23(29)26-15-13-25(14-16-26)18-21-10-4-5-11-24-21/h1-5,7-8,10-11,20H,6,9,12-18H2/t20-/m0/s1. The number of piperazine rings is 1. The Kier molecular flexibility index (Phi) is 6.20. The minimum atomic E-state index is -0.0845. The van der Waals surface area contributed by atoms with Gasteiger partial charge in [0.15, 0.2) is 0 Å². The zero-order valence-electron chi connectivity index (χ0n) is 16.7. The third kappa shape index (κ3) is 4.82. The zero-order chi connectivity index (χ0) is 20.1. The van der Waals surface area contributed by atoms with E-state index in [-0.39, 0.29) is 17.7 Å². The molecule has 2 saturated heterocycles. The molecule has 2 fully saturated rings. The monoisotopic (exact) mass is 392 g/mol. The summed E-state index contributed by atoms with van der Waals surface area (Å²) in [6.07, 6.45) is 3.57. The topological polar surface area (TPSA) is 56.8 Å². The van der Waals surface area contributed by atoms with Crippen molar-refractivity contribution in [2.24, 2.45) is 5.92 Å². The number of piperidine rings is 1. The van der Waals surface area contributed by atoms with Gasteiger partial charge in [-0.25, -0.2) is 0 Å². The molecule has 2 aromatic rings. The number of likely N-dealkylation sites (tertiary alicyclic amines) is 1. The lowest BCUT2D eigenvalue weighted by molar-refractivity contribution is -0.138. The SMILES string of the molecule is O=C(c1ccccc1)N1CCC[C@H](C(=O)N2CCN(Cc3ccccn3)CC2)C1. The molecule has 152 valence electrons. The third-order valence-electron chi connectivity index (χ3n) is 5.87. The minimum absolute atomic E-state index is 0.0308. The average Bonchev–Trinajstić information content (AvgIpc) is 2.80. The fourth-order valence-electron chi connectivity index (χ4n) is 4.23. The Bertz CT molecular complexity index is 819. The normalized spacial score (nSPS) is 20.5. The number of pyridine rings is 1. The highest BCUT2D eigenvalue weighted by molar-refractivity contribution is 5.94. The first-order chi connectivity index (χ1) is 14.2. The number of amides is 2. The highest BCUT2D eigenvalue weighted by atomic mass is 16.2. The van der Waals surface area contributed by atoms with Gasteiger partial charge in [0.2, 0.25) is 5.91 Å². The molecule has 0 bridgehead atoms. The van der Waals surface area contributed by atoms with E-state index in [1.165, 1.54) is 0 Å². The first-order valence-corrected chi connectivity index (χ1v) is 10.5. The number of hydrogen-bond donors (Lipinski definition) is 0. The van der Waals surface area contributed by atoms with Gasteiger partial charge in [-0.1, -0.05) is 24.3 Å². The molecule has 0 spiro atoms. The molecule has 0 radical (unpaired) electrons. The van der Waals surface area contributed by atoms with Crippen molar-refractivity contribution < 1.29 is 9.59 Å². The first-order valence-electron chi connectivity index (χ1n) is 10.5. The molecule has 2 aliphatic heterocycles. The summed E-state index contributed by atoms with van der Waals surface area (Å²) in [6, 6.07) is 15.3. The van der Waals surface area contributed by atoms with Crippen molar-refractivity contribution in [1.29, 1.82) is 0 Å². The maximum atomic E-state index is 13.1. The van der Waals surface area contributed by atoms with Crippen molar-refractivity contribution in [2.45, 2.75) is 19.4 Å². The molecule has 1 aromatic carbocycles. The summed E-state index contributed by atoms with van der Waals surface area (Å²) in [5, 5.41) is 0. The molecule has 6 heteroatoms. The van der Waals surface area contributed by atoms with Crippen LogP contribution >= 0.6 is 0 Å². The van der Waals surface area contributed by atoms with Gasteiger partial charge >= 0.3 is 0 Å². The quantitative estimate of drug-likeness (QED) is 0.801. The Morgan fingerprint density at radius 3 is 2.38 bits per heavy atom. The maximum absolute atomic E-state index is 13.1. The Morgan fingerprint density at radius 1 is 0.897 bits per heavy atom. The zero-order valence-corrected chi connectivity index (χ0v) is 16.7. The average molecular weight is 393 g/mol. The van der Waals surface area contributed by atoms with Gasteiger partial charge in [-0.15, -0.1) is 0 Å². The van der Waals surface area contributed by atoms with E-state index in [0.29, 0.717) is 12.1 Å². The summed E-state index contributed by atoms with van der Waals surface area (Å²) in [5.41, 5.74) is 1.76. The molecule has 6 nitrogen and oxygen atoms in total. The van der Waals surface area contributed by atoms with Gasteiger partial charge in [0.05, 0.1) is 11.6 Å². The van der Waals surface area contributed by atoms with E-state index in [1.807, 2.05) is 64.5 Å². The summed E-state index contributed by atoms with van der Waals surface area (Å²) in [5.74, 6) is 0.148. The Hall–Kier alpha value is -2.73. The largest absolute Gasteiger partial charge is 0.340 e. The van der Waals surface area contributed by atoms with Gasteiger partial charge < -0.3 is 9.80 Å². The summed E-state index contributed by atoms with van der Waals surface area (Å²) < 4.78 is 0. The molecule has 1 atom stereocenters. The Labute approximate surface area is 172 Å². The van der Waals surface area contributed by atoms with Crippen LogP contribution in [0.5, 0.6) is 0 Å². The lowest BCUT2D eigenvalue weighted by atomic mass is 9.95. The second-order valence-corrected chi connectivity index (χ2v) is 7.88. The van der Waals surface area contributed by atoms with Crippen molar-refractivity contribution in [3.63, 3.8) is 0 Å². The van der Waals surface area contributed by atoms with Crippen molar-refractivity contribution in [2.75, 3.05) is 39.3 Å². The number of carbonyl (C=O) groups excluding carboxylic acids is 2. The maximum Gasteiger partial charge on any atom is 0.253 e. The molecule has 0 N–H and O–H groups in total.